The van der Waals surface area contributed by atoms with E-state index in [1.165, 1.54) is 56.9 Å². The molecule has 2 heterocycles. The van der Waals surface area contributed by atoms with Gasteiger partial charge >= 0.3 is 0 Å². The van der Waals surface area contributed by atoms with E-state index in [1.807, 2.05) is 20.8 Å². The Balaban J connectivity index is 1.28. The largest absolute Gasteiger partial charge is 0.353 e. The number of halogens is 1. The molecule has 4 rings (SSSR count). The summed E-state index contributed by atoms with van der Waals surface area (Å²) in [5.41, 5.74) is -4.14. The second-order valence-corrected chi connectivity index (χ2v) is 21.8. The van der Waals surface area contributed by atoms with Crippen molar-refractivity contribution in [2.45, 2.75) is 155 Å². The molecule has 1 aliphatic carbocycles. The molecule has 2 saturated heterocycles. The van der Waals surface area contributed by atoms with Gasteiger partial charge in [-0.1, -0.05) is 52.9 Å². The fraction of sp³-hybridized carbons (Fsp3) is 0.706. The number of nitrogens with one attached hydrogen (secondary N) is 9. The molecular formula is C51H82FN11O9. The zero-order chi connectivity index (χ0) is 53.4. The summed E-state index contributed by atoms with van der Waals surface area (Å²) < 4.78 is 13.6. The van der Waals surface area contributed by atoms with Crippen molar-refractivity contribution in [1.29, 1.82) is 0 Å². The van der Waals surface area contributed by atoms with Gasteiger partial charge < -0.3 is 52.8 Å². The van der Waals surface area contributed by atoms with Gasteiger partial charge in [-0.05, 0) is 109 Å². The maximum absolute atomic E-state index is 13.9. The summed E-state index contributed by atoms with van der Waals surface area (Å²) in [6.45, 7) is 18.3. The summed E-state index contributed by atoms with van der Waals surface area (Å²) in [4.78, 5) is 125. The number of carbonyl (C=O) groups excluding carboxylic acids is 9. The fourth-order valence-corrected chi connectivity index (χ4v) is 9.19. The third-order valence-electron chi connectivity index (χ3n) is 13.5. The van der Waals surface area contributed by atoms with Gasteiger partial charge in [-0.3, -0.25) is 48.1 Å². The highest BCUT2D eigenvalue weighted by molar-refractivity contribution is 6.00. The first kappa shape index (κ1) is 58.9. The van der Waals surface area contributed by atoms with Crippen LogP contribution >= 0.6 is 0 Å². The average molecular weight is 1010 g/mol. The minimum absolute atomic E-state index is 0.00941. The summed E-state index contributed by atoms with van der Waals surface area (Å²) in [7, 11) is 0. The number of rotatable bonds is 24. The molecule has 1 aromatic rings. The van der Waals surface area contributed by atoms with E-state index >= 15 is 0 Å². The SMILES string of the molecule is CC(C)C[C@H](NC(=O)CNC(=O)C(C)(C)NC(=O)CNC(=O)[C@H](CCC1CCCCC1)NC(=O)[C@@H]1CC(C)CN1C(=O)c1ccc(F)cc1)C(=O)NC(C)(C)C(=O)NC(C)(C)C(=O)NCCN1CCNCC1. The van der Waals surface area contributed by atoms with Crippen LogP contribution in [0.3, 0.4) is 0 Å². The summed E-state index contributed by atoms with van der Waals surface area (Å²) >= 11 is 0. The lowest BCUT2D eigenvalue weighted by atomic mass is 9.85. The van der Waals surface area contributed by atoms with Crippen molar-refractivity contribution >= 4 is 53.2 Å². The van der Waals surface area contributed by atoms with E-state index in [9.17, 15) is 47.5 Å². The number of hydrogen-bond acceptors (Lipinski definition) is 11. The highest BCUT2D eigenvalue weighted by Gasteiger charge is 2.41. The Morgan fingerprint density at radius 1 is 0.708 bits per heavy atom. The van der Waals surface area contributed by atoms with E-state index in [0.29, 0.717) is 44.8 Å². The van der Waals surface area contributed by atoms with Gasteiger partial charge in [0.25, 0.3) is 5.91 Å². The number of benzene rings is 1. The molecule has 2 aliphatic heterocycles. The van der Waals surface area contributed by atoms with Crippen LogP contribution in [0.2, 0.25) is 0 Å². The first-order valence-electron chi connectivity index (χ1n) is 25.7. The lowest BCUT2D eigenvalue weighted by Gasteiger charge is -2.33. The summed E-state index contributed by atoms with van der Waals surface area (Å²) in [5, 5.41) is 24.7. The van der Waals surface area contributed by atoms with Crippen LogP contribution < -0.4 is 47.9 Å². The average Bonchev–Trinajstić information content (AvgIpc) is 3.72. The van der Waals surface area contributed by atoms with Crippen LogP contribution in [0, 0.1) is 23.6 Å². The van der Waals surface area contributed by atoms with Crippen LogP contribution in [0.15, 0.2) is 24.3 Å². The lowest BCUT2D eigenvalue weighted by Crippen LogP contribution is -2.64. The monoisotopic (exact) mass is 1010 g/mol. The highest BCUT2D eigenvalue weighted by Crippen LogP contribution is 2.29. The molecule has 1 aromatic carbocycles. The Morgan fingerprint density at radius 3 is 1.94 bits per heavy atom. The van der Waals surface area contributed by atoms with Gasteiger partial charge in [-0.2, -0.15) is 0 Å². The topological polar surface area (TPSA) is 268 Å². The Morgan fingerprint density at radius 2 is 1.31 bits per heavy atom. The van der Waals surface area contributed by atoms with Crippen LogP contribution in [0.5, 0.6) is 0 Å². The predicted octanol–water partition coefficient (Wildman–Crippen LogP) is 0.991. The Bertz CT molecular complexity index is 2070. The van der Waals surface area contributed by atoms with Gasteiger partial charge in [0, 0.05) is 51.4 Å². The second kappa shape index (κ2) is 26.8. The van der Waals surface area contributed by atoms with E-state index in [2.05, 4.69) is 52.8 Å². The van der Waals surface area contributed by atoms with Crippen molar-refractivity contribution in [3.05, 3.63) is 35.6 Å². The molecule has 0 spiro atoms. The maximum Gasteiger partial charge on any atom is 0.254 e. The fourth-order valence-electron chi connectivity index (χ4n) is 9.19. The van der Waals surface area contributed by atoms with Crippen molar-refractivity contribution in [1.82, 2.24) is 57.7 Å². The molecule has 0 aromatic heterocycles. The van der Waals surface area contributed by atoms with Gasteiger partial charge in [0.1, 0.15) is 40.6 Å². The molecule has 4 atom stereocenters. The second-order valence-electron chi connectivity index (χ2n) is 21.8. The van der Waals surface area contributed by atoms with Crippen molar-refractivity contribution in [3.8, 4) is 0 Å². The molecule has 0 bridgehead atoms. The smallest absolute Gasteiger partial charge is 0.254 e. The molecule has 3 aliphatic rings. The molecule has 1 unspecified atom stereocenters. The van der Waals surface area contributed by atoms with Gasteiger partial charge in [0.15, 0.2) is 0 Å². The van der Waals surface area contributed by atoms with E-state index < -0.39 is 101 Å². The summed E-state index contributed by atoms with van der Waals surface area (Å²) in [5.74, 6) is -5.56. The Kier molecular flexibility index (Phi) is 21.9. The third-order valence-corrected chi connectivity index (χ3v) is 13.5. The van der Waals surface area contributed by atoms with Crippen LogP contribution in [0.1, 0.15) is 130 Å². The van der Waals surface area contributed by atoms with Crippen molar-refractivity contribution in [2.24, 2.45) is 17.8 Å². The van der Waals surface area contributed by atoms with E-state index in [4.69, 9.17) is 0 Å². The zero-order valence-corrected chi connectivity index (χ0v) is 43.9. The first-order valence-corrected chi connectivity index (χ1v) is 25.7. The van der Waals surface area contributed by atoms with Crippen LogP contribution in [-0.2, 0) is 38.4 Å². The number of piperazine rings is 1. The molecular weight excluding hydrogens is 930 g/mol. The molecule has 21 heteroatoms. The summed E-state index contributed by atoms with van der Waals surface area (Å²) in [6, 6.07) is 2.11. The predicted molar refractivity (Wildman–Crippen MR) is 269 cm³/mol. The van der Waals surface area contributed by atoms with Gasteiger partial charge in [0.2, 0.25) is 47.3 Å². The third kappa shape index (κ3) is 18.4. The molecule has 20 nitrogen and oxygen atoms in total. The minimum atomic E-state index is -1.57. The highest BCUT2D eigenvalue weighted by atomic mass is 19.1. The Labute approximate surface area is 424 Å². The van der Waals surface area contributed by atoms with E-state index in [1.54, 1.807) is 13.8 Å². The van der Waals surface area contributed by atoms with Gasteiger partial charge in [-0.25, -0.2) is 4.39 Å². The van der Waals surface area contributed by atoms with Crippen molar-refractivity contribution in [2.75, 3.05) is 58.9 Å². The number of hydrogen-bond donors (Lipinski definition) is 9. The molecule has 9 N–H and O–H groups in total. The number of nitrogens with zero attached hydrogens (tertiary/aromatic N) is 2. The molecule has 72 heavy (non-hydrogen) atoms. The van der Waals surface area contributed by atoms with Gasteiger partial charge in [-0.15, -0.1) is 0 Å². The zero-order valence-electron chi connectivity index (χ0n) is 43.9. The van der Waals surface area contributed by atoms with Crippen LogP contribution in [0.4, 0.5) is 4.39 Å². The number of amides is 9. The summed E-state index contributed by atoms with van der Waals surface area (Å²) in [6.07, 6.45) is 6.86. The molecule has 1 saturated carbocycles. The normalized spacial score (nSPS) is 18.8. The van der Waals surface area contributed by atoms with Crippen molar-refractivity contribution < 1.29 is 47.5 Å². The Hall–Kier alpha value is -5.70. The standard InChI is InChI=1S/C51H82FN11O9/c1-32(2)27-38(43(67)60-51(8,9)48(72)61-50(6,7)46(70)54-23-26-62-24-21-53-22-25-62)57-40(64)29-56-47(71)49(4,5)59-41(65)30-55-42(66)37(20-15-34-13-11-10-12-14-34)58-44(68)39-28-33(3)31-63(39)45(69)35-16-18-36(52)19-17-35/h16-19,32-34,37-39,53H,10-15,20-31H2,1-9H3,(H,54,70)(H,55,66)(H,56,71)(H,57,64)(H,58,68)(H,59,65)(H,60,67)(H,61,72)/t33?,37-,38-,39-/m0/s1. The van der Waals surface area contributed by atoms with E-state index in [-0.39, 0.29) is 29.7 Å². The molecule has 3 fully saturated rings. The van der Waals surface area contributed by atoms with Crippen LogP contribution in [-0.4, -0.2) is 157 Å². The molecule has 0 radical (unpaired) electrons. The molecule has 402 valence electrons. The quantitative estimate of drug-likeness (QED) is 0.0705. The molecule has 9 amide bonds. The maximum atomic E-state index is 13.9. The first-order chi connectivity index (χ1) is 33.8. The van der Waals surface area contributed by atoms with Crippen molar-refractivity contribution in [3.63, 3.8) is 0 Å². The van der Waals surface area contributed by atoms with Gasteiger partial charge in [0.05, 0.1) is 13.1 Å². The number of carbonyl (C=O) groups is 9. The lowest BCUT2D eigenvalue weighted by molar-refractivity contribution is -0.138. The van der Waals surface area contributed by atoms with Crippen LogP contribution in [0.25, 0.3) is 0 Å². The minimum Gasteiger partial charge on any atom is -0.353 e. The van der Waals surface area contributed by atoms with E-state index in [0.717, 1.165) is 58.3 Å². The number of likely N-dealkylation sites (tertiary alicyclic amines) is 1.